The van der Waals surface area contributed by atoms with E-state index in [2.05, 4.69) is 0 Å². The van der Waals surface area contributed by atoms with Crippen molar-refractivity contribution in [1.82, 2.24) is 4.90 Å². The Morgan fingerprint density at radius 1 is 1.37 bits per heavy atom. The Balaban J connectivity index is 3.28. The highest BCUT2D eigenvalue weighted by atomic mass is 19.1. The Hall–Kier alpha value is -1.42. The molecule has 0 fully saturated rings. The standard InChI is InChI=1S/C15H22FNO2/c1-10-9-11(7-8-12(10)16)13(17(4)5)15(2,3)14(18)19-6/h7-9,13H,1-6H3. The number of carbonyl (C=O) groups excluding carboxylic acids is 1. The van der Waals surface area contributed by atoms with Gasteiger partial charge >= 0.3 is 5.97 Å². The van der Waals surface area contributed by atoms with Gasteiger partial charge in [0.05, 0.1) is 12.5 Å². The van der Waals surface area contributed by atoms with Crippen molar-refractivity contribution in [3.63, 3.8) is 0 Å². The largest absolute Gasteiger partial charge is 0.469 e. The van der Waals surface area contributed by atoms with Crippen LogP contribution in [-0.2, 0) is 9.53 Å². The van der Waals surface area contributed by atoms with Crippen molar-refractivity contribution < 1.29 is 13.9 Å². The molecule has 4 heteroatoms. The molecule has 0 aliphatic carbocycles. The number of esters is 1. The number of halogens is 1. The fraction of sp³-hybridized carbons (Fsp3) is 0.533. The summed E-state index contributed by atoms with van der Waals surface area (Å²) in [5.41, 5.74) is 0.756. The van der Waals surface area contributed by atoms with E-state index in [1.54, 1.807) is 19.1 Å². The van der Waals surface area contributed by atoms with Crippen molar-refractivity contribution in [3.05, 3.63) is 35.1 Å². The number of hydrogen-bond acceptors (Lipinski definition) is 3. The topological polar surface area (TPSA) is 29.5 Å². The van der Waals surface area contributed by atoms with Crippen LogP contribution in [0.3, 0.4) is 0 Å². The summed E-state index contributed by atoms with van der Waals surface area (Å²) < 4.78 is 18.3. The molecule has 106 valence electrons. The Bertz CT molecular complexity index is 469. The fourth-order valence-electron chi connectivity index (χ4n) is 2.57. The van der Waals surface area contributed by atoms with E-state index in [4.69, 9.17) is 4.74 Å². The minimum absolute atomic E-state index is 0.181. The summed E-state index contributed by atoms with van der Waals surface area (Å²) in [6.07, 6.45) is 0. The van der Waals surface area contributed by atoms with Gasteiger partial charge in [0.15, 0.2) is 0 Å². The Morgan fingerprint density at radius 3 is 2.37 bits per heavy atom. The van der Waals surface area contributed by atoms with Gasteiger partial charge < -0.3 is 9.64 Å². The van der Waals surface area contributed by atoms with Gasteiger partial charge in [-0.2, -0.15) is 0 Å². The maximum atomic E-state index is 13.4. The van der Waals surface area contributed by atoms with E-state index in [1.165, 1.54) is 13.2 Å². The molecule has 0 bridgehead atoms. The number of ether oxygens (including phenoxy) is 1. The predicted octanol–water partition coefficient (Wildman–Crippen LogP) is 2.94. The first-order valence-electron chi connectivity index (χ1n) is 6.22. The van der Waals surface area contributed by atoms with Crippen LogP contribution in [-0.4, -0.2) is 32.1 Å². The van der Waals surface area contributed by atoms with E-state index in [0.29, 0.717) is 5.56 Å². The van der Waals surface area contributed by atoms with Gasteiger partial charge in [0, 0.05) is 6.04 Å². The summed E-state index contributed by atoms with van der Waals surface area (Å²) in [5, 5.41) is 0. The van der Waals surface area contributed by atoms with E-state index >= 15 is 0 Å². The minimum atomic E-state index is -0.720. The van der Waals surface area contributed by atoms with Gasteiger partial charge in [-0.25, -0.2) is 4.39 Å². The van der Waals surface area contributed by atoms with Crippen LogP contribution in [0.15, 0.2) is 18.2 Å². The van der Waals surface area contributed by atoms with E-state index in [1.807, 2.05) is 32.8 Å². The normalized spacial score (nSPS) is 13.5. The smallest absolute Gasteiger partial charge is 0.313 e. The van der Waals surface area contributed by atoms with E-state index in [9.17, 15) is 9.18 Å². The van der Waals surface area contributed by atoms with E-state index < -0.39 is 5.41 Å². The Kier molecular flexibility index (Phi) is 4.69. The molecule has 0 saturated carbocycles. The third kappa shape index (κ3) is 3.13. The minimum Gasteiger partial charge on any atom is -0.469 e. The molecule has 0 saturated heterocycles. The summed E-state index contributed by atoms with van der Waals surface area (Å²) >= 11 is 0. The highest BCUT2D eigenvalue weighted by molar-refractivity contribution is 5.77. The average Bonchev–Trinajstić information content (AvgIpc) is 2.32. The van der Waals surface area contributed by atoms with Crippen LogP contribution in [0.1, 0.15) is 31.0 Å². The SMILES string of the molecule is COC(=O)C(C)(C)C(c1ccc(F)c(C)c1)N(C)C. The molecule has 1 unspecified atom stereocenters. The lowest BCUT2D eigenvalue weighted by Gasteiger charge is -2.37. The van der Waals surface area contributed by atoms with Crippen LogP contribution in [0.4, 0.5) is 4.39 Å². The summed E-state index contributed by atoms with van der Waals surface area (Å²) in [4.78, 5) is 13.9. The molecular weight excluding hydrogens is 245 g/mol. The molecule has 0 radical (unpaired) electrons. The molecule has 0 N–H and O–H groups in total. The molecule has 0 heterocycles. The molecule has 0 spiro atoms. The Morgan fingerprint density at radius 2 is 1.95 bits per heavy atom. The molecule has 3 nitrogen and oxygen atoms in total. The van der Waals surface area contributed by atoms with E-state index in [0.717, 1.165) is 5.56 Å². The molecule has 0 aliphatic heterocycles. The summed E-state index contributed by atoms with van der Waals surface area (Å²) in [7, 11) is 5.18. The second-order valence-corrected chi connectivity index (χ2v) is 5.59. The number of methoxy groups -OCH3 is 1. The molecule has 1 atom stereocenters. The van der Waals surface area contributed by atoms with Crippen molar-refractivity contribution in [3.8, 4) is 0 Å². The monoisotopic (exact) mass is 267 g/mol. The van der Waals surface area contributed by atoms with Crippen molar-refractivity contribution in [2.24, 2.45) is 5.41 Å². The van der Waals surface area contributed by atoms with Gasteiger partial charge in [0.25, 0.3) is 0 Å². The van der Waals surface area contributed by atoms with Crippen LogP contribution < -0.4 is 0 Å². The molecule has 19 heavy (non-hydrogen) atoms. The van der Waals surface area contributed by atoms with Crippen molar-refractivity contribution in [1.29, 1.82) is 0 Å². The van der Waals surface area contributed by atoms with E-state index in [-0.39, 0.29) is 17.8 Å². The quantitative estimate of drug-likeness (QED) is 0.786. The van der Waals surface area contributed by atoms with Crippen molar-refractivity contribution in [2.75, 3.05) is 21.2 Å². The van der Waals surface area contributed by atoms with Gasteiger partial charge in [-0.3, -0.25) is 4.79 Å². The highest BCUT2D eigenvalue weighted by Crippen LogP contribution is 2.38. The van der Waals surface area contributed by atoms with Crippen LogP contribution in [0.5, 0.6) is 0 Å². The molecular formula is C15H22FNO2. The van der Waals surface area contributed by atoms with Gasteiger partial charge in [0.1, 0.15) is 5.82 Å². The number of rotatable bonds is 4. The summed E-state index contributed by atoms with van der Waals surface area (Å²) in [6.45, 7) is 5.39. The molecule has 1 rings (SSSR count). The number of carbonyl (C=O) groups is 1. The maximum Gasteiger partial charge on any atom is 0.313 e. The average molecular weight is 267 g/mol. The fourth-order valence-corrected chi connectivity index (χ4v) is 2.57. The van der Waals surface area contributed by atoms with Crippen LogP contribution in [0.2, 0.25) is 0 Å². The molecule has 0 aromatic heterocycles. The first kappa shape index (κ1) is 15.6. The van der Waals surface area contributed by atoms with Gasteiger partial charge in [0.2, 0.25) is 0 Å². The number of nitrogens with zero attached hydrogens (tertiary/aromatic N) is 1. The first-order valence-corrected chi connectivity index (χ1v) is 6.22. The lowest BCUT2D eigenvalue weighted by atomic mass is 9.79. The Labute approximate surface area is 114 Å². The van der Waals surface area contributed by atoms with Gasteiger partial charge in [-0.1, -0.05) is 12.1 Å². The molecule has 1 aromatic rings. The predicted molar refractivity (Wildman–Crippen MR) is 73.4 cm³/mol. The van der Waals surface area contributed by atoms with Crippen LogP contribution in [0.25, 0.3) is 0 Å². The van der Waals surface area contributed by atoms with Crippen molar-refractivity contribution in [2.45, 2.75) is 26.8 Å². The second-order valence-electron chi connectivity index (χ2n) is 5.59. The van der Waals surface area contributed by atoms with Crippen LogP contribution >= 0.6 is 0 Å². The van der Waals surface area contributed by atoms with Gasteiger partial charge in [-0.15, -0.1) is 0 Å². The zero-order chi connectivity index (χ0) is 14.8. The third-order valence-corrected chi connectivity index (χ3v) is 3.41. The lowest BCUT2D eigenvalue weighted by Crippen LogP contribution is -2.40. The number of hydrogen-bond donors (Lipinski definition) is 0. The van der Waals surface area contributed by atoms with Gasteiger partial charge in [-0.05, 0) is 52.1 Å². The first-order chi connectivity index (χ1) is 8.71. The maximum absolute atomic E-state index is 13.4. The van der Waals surface area contributed by atoms with Crippen LogP contribution in [0, 0.1) is 18.2 Å². The molecule has 0 aliphatic rings. The molecule has 1 aromatic carbocycles. The zero-order valence-electron chi connectivity index (χ0n) is 12.5. The summed E-state index contributed by atoms with van der Waals surface area (Å²) in [5.74, 6) is -0.523. The second kappa shape index (κ2) is 5.70. The number of benzene rings is 1. The molecule has 0 amide bonds. The van der Waals surface area contributed by atoms with Crippen molar-refractivity contribution >= 4 is 5.97 Å². The highest BCUT2D eigenvalue weighted by Gasteiger charge is 2.40. The zero-order valence-corrected chi connectivity index (χ0v) is 12.5. The summed E-state index contributed by atoms with van der Waals surface area (Å²) in [6, 6.07) is 4.76. The third-order valence-electron chi connectivity index (χ3n) is 3.41. The lowest BCUT2D eigenvalue weighted by molar-refractivity contribution is -0.154. The number of aryl methyl sites for hydroxylation is 1.